The molecule has 0 aliphatic carbocycles. The van der Waals surface area contributed by atoms with Gasteiger partial charge in [0.05, 0.1) is 17.6 Å². The van der Waals surface area contributed by atoms with Crippen LogP contribution in [0, 0.1) is 0 Å². The highest BCUT2D eigenvalue weighted by atomic mass is 16.1. The summed E-state index contributed by atoms with van der Waals surface area (Å²) in [4.78, 5) is 27.1. The average Bonchev–Trinajstić information content (AvgIpc) is 2.56. The molecule has 0 bridgehead atoms. The van der Waals surface area contributed by atoms with Gasteiger partial charge in [-0.3, -0.25) is 19.8 Å². The first-order valence-electron chi connectivity index (χ1n) is 9.69. The summed E-state index contributed by atoms with van der Waals surface area (Å²) < 4.78 is 0. The summed E-state index contributed by atoms with van der Waals surface area (Å²) in [6, 6.07) is -0.664. The molecule has 0 aliphatic heterocycles. The summed E-state index contributed by atoms with van der Waals surface area (Å²) >= 11 is 0. The van der Waals surface area contributed by atoms with E-state index in [1.807, 2.05) is 27.9 Å². The van der Waals surface area contributed by atoms with Gasteiger partial charge >= 0.3 is 0 Å². The Morgan fingerprint density at radius 1 is 1.20 bits per heavy atom. The van der Waals surface area contributed by atoms with E-state index in [0.29, 0.717) is 12.8 Å². The Labute approximate surface area is 154 Å². The number of unbranched alkanes of at least 4 members (excludes halogenated alkanes) is 1. The van der Waals surface area contributed by atoms with Crippen molar-refractivity contribution in [1.29, 1.82) is 0 Å². The molecule has 6 nitrogen and oxygen atoms in total. The van der Waals surface area contributed by atoms with Crippen LogP contribution < -0.4 is 16.4 Å². The predicted octanol–water partition coefficient (Wildman–Crippen LogP) is 1.68. The minimum atomic E-state index is -0.737. The third-order valence-corrected chi connectivity index (χ3v) is 4.92. The number of carbonyl (C=O) groups excluding carboxylic acids is 2. The van der Waals surface area contributed by atoms with E-state index in [9.17, 15) is 9.59 Å². The Balaban J connectivity index is 5.11. The number of nitrogens with zero attached hydrogens (tertiary/aromatic N) is 1. The highest BCUT2D eigenvalue weighted by molar-refractivity contribution is 5.93. The maximum atomic E-state index is 13.1. The van der Waals surface area contributed by atoms with E-state index in [1.165, 1.54) is 0 Å². The molecule has 1 unspecified atom stereocenters. The van der Waals surface area contributed by atoms with Gasteiger partial charge in [-0.2, -0.15) is 0 Å². The zero-order valence-corrected chi connectivity index (χ0v) is 17.2. The average molecular weight is 357 g/mol. The summed E-state index contributed by atoms with van der Waals surface area (Å²) in [6.45, 7) is 9.80. The standard InChI is InChI=1S/C19H40N4O2/c1-7-12-19(4,17(24)15(3)23(6)14-8-2)22-16(18(20)25)11-9-10-13-21-5/h15-16,21-22H,7-14H2,1-6H3,(H2,20,25)/t15-,16-,19?/m1/s1. The van der Waals surface area contributed by atoms with E-state index in [-0.39, 0.29) is 17.7 Å². The van der Waals surface area contributed by atoms with E-state index in [1.54, 1.807) is 0 Å². The van der Waals surface area contributed by atoms with Gasteiger partial charge in [0.25, 0.3) is 0 Å². The Hall–Kier alpha value is -0.980. The molecule has 0 heterocycles. The summed E-state index contributed by atoms with van der Waals surface area (Å²) in [7, 11) is 3.89. The molecule has 0 aromatic carbocycles. The first kappa shape index (κ1) is 24.0. The number of hydrogen-bond donors (Lipinski definition) is 3. The van der Waals surface area contributed by atoms with Crippen LogP contribution in [0.5, 0.6) is 0 Å². The second-order valence-electron chi connectivity index (χ2n) is 7.30. The van der Waals surface area contributed by atoms with Gasteiger partial charge in [0, 0.05) is 0 Å². The van der Waals surface area contributed by atoms with Crippen LogP contribution in [0.1, 0.15) is 66.2 Å². The number of ketones is 1. The lowest BCUT2D eigenvalue weighted by atomic mass is 9.85. The molecule has 25 heavy (non-hydrogen) atoms. The first-order valence-corrected chi connectivity index (χ1v) is 9.69. The number of primary amides is 1. The van der Waals surface area contributed by atoms with Crippen molar-refractivity contribution in [2.45, 2.75) is 83.8 Å². The van der Waals surface area contributed by atoms with E-state index in [0.717, 1.165) is 38.8 Å². The van der Waals surface area contributed by atoms with E-state index in [2.05, 4.69) is 29.4 Å². The zero-order valence-electron chi connectivity index (χ0n) is 17.2. The fraction of sp³-hybridized carbons (Fsp3) is 0.895. The SMILES string of the molecule is CCCN(C)[C@H](C)C(=O)C(C)(CCC)N[C@H](CCCCNC)C(N)=O. The van der Waals surface area contributed by atoms with Crippen molar-refractivity contribution >= 4 is 11.7 Å². The van der Waals surface area contributed by atoms with Crippen LogP contribution in [0.3, 0.4) is 0 Å². The van der Waals surface area contributed by atoms with Crippen LogP contribution in [-0.4, -0.2) is 61.4 Å². The summed E-state index contributed by atoms with van der Waals surface area (Å²) in [5.41, 5.74) is 4.86. The lowest BCUT2D eigenvalue weighted by Crippen LogP contribution is -2.61. The lowest BCUT2D eigenvalue weighted by molar-refractivity contribution is -0.131. The van der Waals surface area contributed by atoms with Crippen molar-refractivity contribution in [3.63, 3.8) is 0 Å². The highest BCUT2D eigenvalue weighted by Crippen LogP contribution is 2.20. The quantitative estimate of drug-likeness (QED) is 0.389. The monoisotopic (exact) mass is 356 g/mol. The van der Waals surface area contributed by atoms with Crippen molar-refractivity contribution < 1.29 is 9.59 Å². The Kier molecular flexibility index (Phi) is 11.9. The second kappa shape index (κ2) is 12.4. The Morgan fingerprint density at radius 3 is 2.32 bits per heavy atom. The van der Waals surface area contributed by atoms with Crippen LogP contribution in [0.2, 0.25) is 0 Å². The van der Waals surface area contributed by atoms with Gasteiger partial charge in [-0.05, 0) is 66.7 Å². The third-order valence-electron chi connectivity index (χ3n) is 4.92. The number of likely N-dealkylation sites (N-methyl/N-ethyl adjacent to an activating group) is 1. The second-order valence-corrected chi connectivity index (χ2v) is 7.30. The molecular formula is C19H40N4O2. The lowest BCUT2D eigenvalue weighted by Gasteiger charge is -2.37. The molecule has 0 saturated heterocycles. The molecule has 4 N–H and O–H groups in total. The third kappa shape index (κ3) is 8.29. The zero-order chi connectivity index (χ0) is 19.5. The van der Waals surface area contributed by atoms with Crippen molar-refractivity contribution in [1.82, 2.24) is 15.5 Å². The van der Waals surface area contributed by atoms with Crippen LogP contribution in [0.4, 0.5) is 0 Å². The van der Waals surface area contributed by atoms with Crippen LogP contribution in [0.15, 0.2) is 0 Å². The Morgan fingerprint density at radius 2 is 1.84 bits per heavy atom. The van der Waals surface area contributed by atoms with Gasteiger partial charge < -0.3 is 11.1 Å². The molecule has 0 aliphatic rings. The predicted molar refractivity (Wildman–Crippen MR) is 105 cm³/mol. The number of amides is 1. The van der Waals surface area contributed by atoms with Crippen molar-refractivity contribution in [2.75, 3.05) is 27.2 Å². The summed E-state index contributed by atoms with van der Waals surface area (Å²) in [5.74, 6) is -0.249. The molecule has 3 atom stereocenters. The van der Waals surface area contributed by atoms with Gasteiger partial charge in [-0.25, -0.2) is 0 Å². The smallest absolute Gasteiger partial charge is 0.234 e. The largest absolute Gasteiger partial charge is 0.368 e. The van der Waals surface area contributed by atoms with Gasteiger partial charge in [0.1, 0.15) is 0 Å². The number of rotatable bonds is 15. The molecule has 0 fully saturated rings. The maximum absolute atomic E-state index is 13.1. The van der Waals surface area contributed by atoms with Crippen LogP contribution >= 0.6 is 0 Å². The minimum absolute atomic E-state index is 0.131. The fourth-order valence-electron chi connectivity index (χ4n) is 3.29. The summed E-state index contributed by atoms with van der Waals surface area (Å²) in [5, 5.41) is 6.41. The maximum Gasteiger partial charge on any atom is 0.234 e. The van der Waals surface area contributed by atoms with E-state index >= 15 is 0 Å². The molecule has 0 aromatic rings. The number of hydrogen-bond acceptors (Lipinski definition) is 5. The van der Waals surface area contributed by atoms with E-state index in [4.69, 9.17) is 5.73 Å². The van der Waals surface area contributed by atoms with Gasteiger partial charge in [-0.1, -0.05) is 26.7 Å². The van der Waals surface area contributed by atoms with Crippen molar-refractivity contribution in [2.24, 2.45) is 5.73 Å². The number of carbonyl (C=O) groups is 2. The molecular weight excluding hydrogens is 316 g/mol. The molecule has 0 radical (unpaired) electrons. The van der Waals surface area contributed by atoms with Crippen molar-refractivity contribution in [3.8, 4) is 0 Å². The van der Waals surface area contributed by atoms with Gasteiger partial charge in [-0.15, -0.1) is 0 Å². The van der Waals surface area contributed by atoms with Crippen LogP contribution in [0.25, 0.3) is 0 Å². The fourth-order valence-corrected chi connectivity index (χ4v) is 3.29. The molecule has 148 valence electrons. The number of nitrogens with one attached hydrogen (secondary N) is 2. The normalized spacial score (nSPS) is 16.4. The number of Topliss-reactive ketones (excluding diaryl/α,β-unsaturated/α-hetero) is 1. The molecule has 1 amide bonds. The van der Waals surface area contributed by atoms with Crippen molar-refractivity contribution in [3.05, 3.63) is 0 Å². The Bertz CT molecular complexity index is 403. The highest BCUT2D eigenvalue weighted by Gasteiger charge is 2.39. The minimum Gasteiger partial charge on any atom is -0.368 e. The molecule has 0 rings (SSSR count). The van der Waals surface area contributed by atoms with E-state index < -0.39 is 11.6 Å². The van der Waals surface area contributed by atoms with Crippen LogP contribution in [-0.2, 0) is 9.59 Å². The molecule has 0 spiro atoms. The molecule has 0 saturated carbocycles. The summed E-state index contributed by atoms with van der Waals surface area (Å²) in [6.07, 6.45) is 5.09. The number of nitrogens with two attached hydrogens (primary N) is 1. The van der Waals surface area contributed by atoms with Gasteiger partial charge in [0.2, 0.25) is 5.91 Å². The molecule has 0 aromatic heterocycles. The topological polar surface area (TPSA) is 87.5 Å². The van der Waals surface area contributed by atoms with Gasteiger partial charge in [0.15, 0.2) is 5.78 Å². The molecule has 6 heteroatoms. The first-order chi connectivity index (χ1) is 11.7.